The molecule has 12 aromatic rings. The third kappa shape index (κ3) is 5.19. The molecule has 0 radical (unpaired) electrons. The lowest BCUT2D eigenvalue weighted by molar-refractivity contribution is 0.668. The van der Waals surface area contributed by atoms with Crippen LogP contribution < -0.4 is 0 Å². The van der Waals surface area contributed by atoms with Gasteiger partial charge in [0, 0.05) is 58.4 Å². The fourth-order valence-electron chi connectivity index (χ4n) is 8.27. The van der Waals surface area contributed by atoms with Crippen LogP contribution in [0.4, 0.5) is 0 Å². The number of para-hydroxylation sites is 1. The Hall–Kier alpha value is -7.41. The minimum atomic E-state index is 0.590. The molecule has 0 aliphatic carbocycles. The Bertz CT molecular complexity index is 3470. The minimum absolute atomic E-state index is 0.590. The van der Waals surface area contributed by atoms with Crippen LogP contribution in [-0.4, -0.2) is 15.0 Å². The highest BCUT2D eigenvalue weighted by Gasteiger charge is 2.20. The predicted molar refractivity (Wildman–Crippen MR) is 234 cm³/mol. The van der Waals surface area contributed by atoms with E-state index in [0.29, 0.717) is 17.5 Å². The highest BCUT2D eigenvalue weighted by molar-refractivity contribution is 7.26. The van der Waals surface area contributed by atoms with Gasteiger partial charge in [-0.2, -0.15) is 0 Å². The first-order valence-corrected chi connectivity index (χ1v) is 19.7. The largest absolute Gasteiger partial charge is 0.456 e. The van der Waals surface area contributed by atoms with Gasteiger partial charge in [-0.05, 0) is 76.9 Å². The number of hydrogen-bond donors (Lipinski definition) is 0. The maximum atomic E-state index is 6.66. The van der Waals surface area contributed by atoms with Gasteiger partial charge in [0.15, 0.2) is 17.5 Å². The molecule has 0 aliphatic rings. The summed E-state index contributed by atoms with van der Waals surface area (Å²) >= 11 is 1.84. The number of nitrogens with zero attached hydrogens (tertiary/aromatic N) is 3. The maximum absolute atomic E-state index is 6.66. The number of thiophene rings is 1. The number of aromatic nitrogens is 3. The van der Waals surface area contributed by atoms with Crippen molar-refractivity contribution in [1.82, 2.24) is 15.0 Å². The molecule has 0 fully saturated rings. The van der Waals surface area contributed by atoms with Crippen molar-refractivity contribution in [3.63, 3.8) is 0 Å². The molecule has 8 aromatic carbocycles. The lowest BCUT2D eigenvalue weighted by Crippen LogP contribution is -2.00. The normalized spacial score (nSPS) is 11.9. The Morgan fingerprint density at radius 1 is 0.316 bits per heavy atom. The van der Waals surface area contributed by atoms with Gasteiger partial charge in [-0.3, -0.25) is 0 Å². The molecular weight excluding hydrogens is 719 g/mol. The summed E-state index contributed by atoms with van der Waals surface area (Å²) in [4.78, 5) is 14.8. The summed E-state index contributed by atoms with van der Waals surface area (Å²) in [6, 6.07) is 61.0. The van der Waals surface area contributed by atoms with Crippen molar-refractivity contribution >= 4 is 75.4 Å². The van der Waals surface area contributed by atoms with E-state index < -0.39 is 0 Å². The molecule has 266 valence electrons. The number of benzene rings is 8. The zero-order chi connectivity index (χ0) is 37.5. The molecule has 0 N–H and O–H groups in total. The first-order valence-electron chi connectivity index (χ1n) is 18.9. The summed E-state index contributed by atoms with van der Waals surface area (Å²) in [5.74, 6) is 1.84. The summed E-state index contributed by atoms with van der Waals surface area (Å²) in [7, 11) is 0. The summed E-state index contributed by atoms with van der Waals surface area (Å²) in [5.41, 5.74) is 10.7. The van der Waals surface area contributed by atoms with E-state index in [4.69, 9.17) is 23.8 Å². The monoisotopic (exact) mass is 747 g/mol. The molecule has 12 rings (SSSR count). The van der Waals surface area contributed by atoms with Gasteiger partial charge in [-0.15, -0.1) is 11.3 Å². The topological polar surface area (TPSA) is 65.0 Å². The molecule has 5 nitrogen and oxygen atoms in total. The van der Waals surface area contributed by atoms with Crippen LogP contribution in [-0.2, 0) is 0 Å². The highest BCUT2D eigenvalue weighted by atomic mass is 32.1. The van der Waals surface area contributed by atoms with Crippen molar-refractivity contribution in [1.29, 1.82) is 0 Å². The maximum Gasteiger partial charge on any atom is 0.164 e. The number of hydrogen-bond acceptors (Lipinski definition) is 6. The van der Waals surface area contributed by atoms with E-state index in [1.165, 1.54) is 25.7 Å². The van der Waals surface area contributed by atoms with Crippen LogP contribution in [0, 0.1) is 0 Å². The Balaban J connectivity index is 1.04. The first-order chi connectivity index (χ1) is 28.2. The molecule has 0 aliphatic heterocycles. The van der Waals surface area contributed by atoms with E-state index >= 15 is 0 Å². The molecule has 0 atom stereocenters. The van der Waals surface area contributed by atoms with Crippen LogP contribution in [0.5, 0.6) is 0 Å². The van der Waals surface area contributed by atoms with E-state index in [9.17, 15) is 0 Å². The van der Waals surface area contributed by atoms with Crippen LogP contribution in [0.25, 0.3) is 120 Å². The zero-order valence-electron chi connectivity index (χ0n) is 30.3. The molecule has 4 heterocycles. The SMILES string of the molecule is c1ccc(-c2nc(-c3ccccc3)nc(-c3ccc4c(c3)oc3cccc(-c5cc(-c6ccc7oc8ccccc8c7c6)c6c(c5)sc5ccccc56)c34)n2)cc1. The van der Waals surface area contributed by atoms with Gasteiger partial charge in [-0.25, -0.2) is 15.0 Å². The van der Waals surface area contributed by atoms with Crippen molar-refractivity contribution in [3.05, 3.63) is 176 Å². The summed E-state index contributed by atoms with van der Waals surface area (Å²) in [6.45, 7) is 0. The third-order valence-electron chi connectivity index (χ3n) is 10.9. The van der Waals surface area contributed by atoms with Crippen molar-refractivity contribution in [2.24, 2.45) is 0 Å². The number of fused-ring (bicyclic) bond motifs is 9. The second-order valence-electron chi connectivity index (χ2n) is 14.3. The quantitative estimate of drug-likeness (QED) is 0.175. The average Bonchev–Trinajstić information content (AvgIpc) is 3.97. The van der Waals surface area contributed by atoms with E-state index in [1.54, 1.807) is 0 Å². The number of furan rings is 2. The Labute approximate surface area is 330 Å². The smallest absolute Gasteiger partial charge is 0.164 e. The second kappa shape index (κ2) is 12.6. The van der Waals surface area contributed by atoms with Gasteiger partial charge >= 0.3 is 0 Å². The van der Waals surface area contributed by atoms with Crippen LogP contribution in [0.2, 0.25) is 0 Å². The molecule has 0 saturated heterocycles. The average molecular weight is 748 g/mol. The fourth-order valence-corrected chi connectivity index (χ4v) is 9.45. The summed E-state index contributed by atoms with van der Waals surface area (Å²) in [6.07, 6.45) is 0. The van der Waals surface area contributed by atoms with Crippen molar-refractivity contribution in [2.45, 2.75) is 0 Å². The molecule has 0 unspecified atom stereocenters. The second-order valence-corrected chi connectivity index (χ2v) is 15.4. The Morgan fingerprint density at radius 3 is 1.74 bits per heavy atom. The molecule has 4 aromatic heterocycles. The third-order valence-corrected chi connectivity index (χ3v) is 12.0. The highest BCUT2D eigenvalue weighted by Crippen LogP contribution is 2.46. The van der Waals surface area contributed by atoms with Crippen LogP contribution in [0.3, 0.4) is 0 Å². The van der Waals surface area contributed by atoms with Gasteiger partial charge in [-0.1, -0.05) is 121 Å². The molecule has 0 amide bonds. The van der Waals surface area contributed by atoms with Gasteiger partial charge < -0.3 is 8.83 Å². The van der Waals surface area contributed by atoms with Crippen LogP contribution >= 0.6 is 11.3 Å². The predicted octanol–water partition coefficient (Wildman–Crippen LogP) is 14.4. The molecule has 6 heteroatoms. The lowest BCUT2D eigenvalue weighted by Gasteiger charge is -2.11. The van der Waals surface area contributed by atoms with Crippen LogP contribution in [0.1, 0.15) is 0 Å². The minimum Gasteiger partial charge on any atom is -0.456 e. The molecule has 0 bridgehead atoms. The zero-order valence-corrected chi connectivity index (χ0v) is 31.1. The standard InChI is InChI=1S/C51H29N3O2S/c1-3-12-30(13-4-1)49-52-50(31-14-5-2-6-15-31)54-51(53-49)33-22-24-37-44(28-33)56-43-20-11-18-35(47(37)43)34-27-39(48-38-17-8-10-21-45(38)57-46(48)29-34)32-23-25-42-40(26-32)36-16-7-9-19-41(36)55-42/h1-29H. The molecule has 0 spiro atoms. The lowest BCUT2D eigenvalue weighted by atomic mass is 9.92. The van der Waals surface area contributed by atoms with Crippen molar-refractivity contribution in [3.8, 4) is 56.4 Å². The van der Waals surface area contributed by atoms with Gasteiger partial charge in [0.25, 0.3) is 0 Å². The first kappa shape index (κ1) is 31.9. The Morgan fingerprint density at radius 2 is 0.947 bits per heavy atom. The van der Waals surface area contributed by atoms with E-state index in [0.717, 1.165) is 77.3 Å². The molecule has 0 saturated carbocycles. The fraction of sp³-hybridized carbons (Fsp3) is 0. The molecule has 57 heavy (non-hydrogen) atoms. The van der Waals surface area contributed by atoms with E-state index in [2.05, 4.69) is 103 Å². The van der Waals surface area contributed by atoms with E-state index in [1.807, 2.05) is 84.1 Å². The van der Waals surface area contributed by atoms with Crippen molar-refractivity contribution < 1.29 is 8.83 Å². The summed E-state index contributed by atoms with van der Waals surface area (Å²) in [5, 5.41) is 6.88. The van der Waals surface area contributed by atoms with Gasteiger partial charge in [0.05, 0.1) is 0 Å². The summed E-state index contributed by atoms with van der Waals surface area (Å²) < 4.78 is 15.4. The van der Waals surface area contributed by atoms with Crippen LogP contribution in [0.15, 0.2) is 185 Å². The van der Waals surface area contributed by atoms with Gasteiger partial charge in [0.1, 0.15) is 22.3 Å². The van der Waals surface area contributed by atoms with Gasteiger partial charge in [0.2, 0.25) is 0 Å². The van der Waals surface area contributed by atoms with Crippen molar-refractivity contribution in [2.75, 3.05) is 0 Å². The number of rotatable bonds is 5. The Kier molecular flexibility index (Phi) is 7.03. The van der Waals surface area contributed by atoms with E-state index in [-0.39, 0.29) is 0 Å². The molecular formula is C51H29N3O2S.